The van der Waals surface area contributed by atoms with Gasteiger partial charge in [-0.1, -0.05) is 30.9 Å². The Bertz CT molecular complexity index is 704. The molecule has 0 saturated heterocycles. The smallest absolute Gasteiger partial charge is 0.118 e. The van der Waals surface area contributed by atoms with Crippen LogP contribution in [0.3, 0.4) is 0 Å². The van der Waals surface area contributed by atoms with E-state index in [4.69, 9.17) is 9.47 Å². The topological polar surface area (TPSA) is 18.5 Å². The zero-order valence-electron chi connectivity index (χ0n) is 13.2. The van der Waals surface area contributed by atoms with E-state index in [1.54, 1.807) is 14.2 Å². The Labute approximate surface area is 132 Å². The summed E-state index contributed by atoms with van der Waals surface area (Å²) in [4.78, 5) is 0. The molecule has 2 nitrogen and oxygen atoms in total. The molecule has 1 saturated carbocycles. The van der Waals surface area contributed by atoms with Crippen molar-refractivity contribution in [2.24, 2.45) is 5.92 Å². The van der Waals surface area contributed by atoms with Gasteiger partial charge in [-0.2, -0.15) is 0 Å². The van der Waals surface area contributed by atoms with Crippen molar-refractivity contribution < 1.29 is 9.47 Å². The molecule has 1 aliphatic carbocycles. The summed E-state index contributed by atoms with van der Waals surface area (Å²) in [7, 11) is 3.36. The molecule has 0 aliphatic heterocycles. The molecule has 2 aromatic carbocycles. The number of rotatable bonds is 3. The number of benzene rings is 2. The number of ether oxygens (including phenoxy) is 2. The van der Waals surface area contributed by atoms with E-state index in [1.165, 1.54) is 5.56 Å². The minimum Gasteiger partial charge on any atom is -0.497 e. The first-order valence-electron chi connectivity index (χ1n) is 7.46. The molecule has 2 unspecified atom stereocenters. The molecule has 1 aliphatic rings. The van der Waals surface area contributed by atoms with Crippen molar-refractivity contribution in [1.82, 2.24) is 0 Å². The van der Waals surface area contributed by atoms with Gasteiger partial charge in [0.1, 0.15) is 11.5 Å². The molecule has 3 rings (SSSR count). The molecule has 2 aromatic rings. The van der Waals surface area contributed by atoms with E-state index >= 15 is 0 Å². The van der Waals surface area contributed by atoms with Crippen LogP contribution in [0, 0.1) is 17.8 Å². The fourth-order valence-corrected chi connectivity index (χ4v) is 2.71. The fourth-order valence-electron chi connectivity index (χ4n) is 2.71. The Hall–Kier alpha value is -2.40. The third kappa shape index (κ3) is 2.80. The van der Waals surface area contributed by atoms with Gasteiger partial charge in [0.2, 0.25) is 0 Å². The first kappa shape index (κ1) is 14.5. The average molecular weight is 292 g/mol. The van der Waals surface area contributed by atoms with Gasteiger partial charge in [-0.15, -0.1) is 0 Å². The van der Waals surface area contributed by atoms with Crippen molar-refractivity contribution >= 4 is 0 Å². The lowest BCUT2D eigenvalue weighted by Gasteiger charge is -2.10. The van der Waals surface area contributed by atoms with Crippen LogP contribution in [-0.2, 0) is 5.41 Å². The van der Waals surface area contributed by atoms with Gasteiger partial charge in [0.25, 0.3) is 0 Å². The van der Waals surface area contributed by atoms with Gasteiger partial charge >= 0.3 is 0 Å². The van der Waals surface area contributed by atoms with Crippen molar-refractivity contribution in [3.63, 3.8) is 0 Å². The molecule has 112 valence electrons. The number of methoxy groups -OCH3 is 2. The summed E-state index contributed by atoms with van der Waals surface area (Å²) in [6.07, 6.45) is 1.11. The van der Waals surface area contributed by atoms with E-state index < -0.39 is 0 Å². The van der Waals surface area contributed by atoms with Gasteiger partial charge in [0, 0.05) is 16.9 Å². The Morgan fingerprint density at radius 3 is 2.00 bits per heavy atom. The monoisotopic (exact) mass is 292 g/mol. The van der Waals surface area contributed by atoms with Crippen LogP contribution in [0.25, 0.3) is 0 Å². The Balaban J connectivity index is 1.71. The Morgan fingerprint density at radius 1 is 0.909 bits per heavy atom. The summed E-state index contributed by atoms with van der Waals surface area (Å²) in [6.45, 7) is 2.28. The van der Waals surface area contributed by atoms with E-state index in [0.29, 0.717) is 5.92 Å². The molecule has 2 heteroatoms. The molecule has 1 fully saturated rings. The first-order valence-corrected chi connectivity index (χ1v) is 7.46. The molecule has 0 heterocycles. The first-order chi connectivity index (χ1) is 10.7. The second-order valence-corrected chi connectivity index (χ2v) is 5.90. The molecule has 0 radical (unpaired) electrons. The van der Waals surface area contributed by atoms with E-state index in [2.05, 4.69) is 30.9 Å². The van der Waals surface area contributed by atoms with Crippen molar-refractivity contribution in [3.8, 4) is 23.3 Å². The van der Waals surface area contributed by atoms with Crippen LogP contribution in [-0.4, -0.2) is 14.2 Å². The van der Waals surface area contributed by atoms with Gasteiger partial charge < -0.3 is 9.47 Å². The molecule has 0 aromatic heterocycles. The van der Waals surface area contributed by atoms with Crippen LogP contribution in [0.2, 0.25) is 0 Å². The van der Waals surface area contributed by atoms with E-state index in [1.807, 2.05) is 36.4 Å². The van der Waals surface area contributed by atoms with Crippen molar-refractivity contribution in [2.75, 3.05) is 14.2 Å². The van der Waals surface area contributed by atoms with E-state index in [-0.39, 0.29) is 5.41 Å². The van der Waals surface area contributed by atoms with Crippen LogP contribution in [0.15, 0.2) is 48.5 Å². The molecular weight excluding hydrogens is 272 g/mol. The highest BCUT2D eigenvalue weighted by atomic mass is 16.5. The maximum Gasteiger partial charge on any atom is 0.118 e. The zero-order valence-corrected chi connectivity index (χ0v) is 13.2. The molecule has 0 spiro atoms. The van der Waals surface area contributed by atoms with Crippen LogP contribution >= 0.6 is 0 Å². The van der Waals surface area contributed by atoms with Gasteiger partial charge in [-0.05, 0) is 48.4 Å². The third-order valence-electron chi connectivity index (χ3n) is 4.47. The SMILES string of the molecule is COc1ccc(C#CC2CC2(C)c2ccc(OC)cc2)cc1. The van der Waals surface area contributed by atoms with Crippen LogP contribution < -0.4 is 9.47 Å². The average Bonchev–Trinajstić information content (AvgIpc) is 3.25. The van der Waals surface area contributed by atoms with Crippen LogP contribution in [0.4, 0.5) is 0 Å². The van der Waals surface area contributed by atoms with Gasteiger partial charge in [0.15, 0.2) is 0 Å². The predicted octanol–water partition coefficient (Wildman–Crippen LogP) is 4.03. The van der Waals surface area contributed by atoms with Gasteiger partial charge in [-0.3, -0.25) is 0 Å². The largest absolute Gasteiger partial charge is 0.497 e. The number of hydrogen-bond acceptors (Lipinski definition) is 2. The highest BCUT2D eigenvalue weighted by Gasteiger charge is 2.50. The highest BCUT2D eigenvalue weighted by molar-refractivity contribution is 5.44. The maximum absolute atomic E-state index is 5.22. The Morgan fingerprint density at radius 2 is 1.45 bits per heavy atom. The molecular formula is C20H20O2. The maximum atomic E-state index is 5.22. The Kier molecular flexibility index (Phi) is 3.81. The summed E-state index contributed by atoms with van der Waals surface area (Å²) in [5, 5.41) is 0. The lowest BCUT2D eigenvalue weighted by molar-refractivity contribution is 0.414. The van der Waals surface area contributed by atoms with Gasteiger partial charge in [0.05, 0.1) is 14.2 Å². The quantitative estimate of drug-likeness (QED) is 0.795. The summed E-state index contributed by atoms with van der Waals surface area (Å²) in [5.74, 6) is 8.86. The minimum atomic E-state index is 0.172. The molecule has 0 amide bonds. The van der Waals surface area contributed by atoms with E-state index in [0.717, 1.165) is 23.5 Å². The number of hydrogen-bond donors (Lipinski definition) is 0. The molecule has 0 N–H and O–H groups in total. The van der Waals surface area contributed by atoms with E-state index in [9.17, 15) is 0 Å². The predicted molar refractivity (Wildman–Crippen MR) is 88.3 cm³/mol. The molecule has 2 atom stereocenters. The van der Waals surface area contributed by atoms with Crippen molar-refractivity contribution in [3.05, 3.63) is 59.7 Å². The summed E-state index contributed by atoms with van der Waals surface area (Å²) in [5.41, 5.74) is 2.54. The second-order valence-electron chi connectivity index (χ2n) is 5.90. The normalized spacial score (nSPS) is 22.4. The van der Waals surface area contributed by atoms with Crippen molar-refractivity contribution in [2.45, 2.75) is 18.8 Å². The van der Waals surface area contributed by atoms with Gasteiger partial charge in [-0.25, -0.2) is 0 Å². The fraction of sp³-hybridized carbons (Fsp3) is 0.300. The lowest BCUT2D eigenvalue weighted by Crippen LogP contribution is -2.03. The summed E-state index contributed by atoms with van der Waals surface area (Å²) < 4.78 is 10.4. The van der Waals surface area contributed by atoms with Crippen molar-refractivity contribution in [1.29, 1.82) is 0 Å². The lowest BCUT2D eigenvalue weighted by atomic mass is 9.95. The molecule has 22 heavy (non-hydrogen) atoms. The molecule has 0 bridgehead atoms. The zero-order chi connectivity index (χ0) is 15.6. The third-order valence-corrected chi connectivity index (χ3v) is 4.47. The highest BCUT2D eigenvalue weighted by Crippen LogP contribution is 2.53. The second kappa shape index (κ2) is 5.77. The standard InChI is InChI=1S/C20H20O2/c1-20(16-8-12-19(22-3)13-9-16)14-17(20)7-4-15-5-10-18(21-2)11-6-15/h5-6,8-13,17H,14H2,1-3H3. The van der Waals surface area contributed by atoms with Crippen LogP contribution in [0.5, 0.6) is 11.5 Å². The van der Waals surface area contributed by atoms with Crippen LogP contribution in [0.1, 0.15) is 24.5 Å². The summed E-state index contributed by atoms with van der Waals surface area (Å²) >= 11 is 0. The minimum absolute atomic E-state index is 0.172. The summed E-state index contributed by atoms with van der Waals surface area (Å²) in [6, 6.07) is 16.2.